The third kappa shape index (κ3) is 10.0. The van der Waals surface area contributed by atoms with Crippen LogP contribution in [0.5, 0.6) is 0 Å². The minimum Gasteiger partial charge on any atom is -0.357 e. The number of aliphatic imine (C=N–C) groups is 1. The summed E-state index contributed by atoms with van der Waals surface area (Å²) in [7, 11) is -2.96. The maximum atomic E-state index is 11.8. The smallest absolute Gasteiger partial charge is 0.222 e. The van der Waals surface area contributed by atoms with Crippen LogP contribution in [0.3, 0.4) is 0 Å². The lowest BCUT2D eigenvalue weighted by Gasteiger charge is -2.13. The van der Waals surface area contributed by atoms with E-state index in [4.69, 9.17) is 0 Å². The molecule has 136 valence electrons. The number of guanidine groups is 1. The first kappa shape index (κ1) is 22.4. The summed E-state index contributed by atoms with van der Waals surface area (Å²) in [6.45, 7) is 8.12. The second kappa shape index (κ2) is 11.1. The molecule has 1 aliphatic heterocycles. The number of nitrogens with zero attached hydrogens (tertiary/aromatic N) is 1. The highest BCUT2D eigenvalue weighted by Gasteiger charge is 2.28. The summed E-state index contributed by atoms with van der Waals surface area (Å²) in [6.07, 6.45) is 0.808. The molecular formula is C14H29IN4O3S. The van der Waals surface area contributed by atoms with Crippen LogP contribution in [0.15, 0.2) is 4.99 Å². The van der Waals surface area contributed by atoms with Crippen LogP contribution in [0.4, 0.5) is 0 Å². The van der Waals surface area contributed by atoms with Gasteiger partial charge in [0.1, 0.15) is 0 Å². The zero-order chi connectivity index (χ0) is 16.6. The molecule has 0 aromatic rings. The van der Waals surface area contributed by atoms with Crippen molar-refractivity contribution in [3.8, 4) is 0 Å². The molecule has 1 fully saturated rings. The number of carbonyl (C=O) groups is 1. The van der Waals surface area contributed by atoms with Gasteiger partial charge in [-0.25, -0.2) is 8.42 Å². The van der Waals surface area contributed by atoms with E-state index < -0.39 is 9.84 Å². The normalized spacial score (nSPS) is 20.0. The van der Waals surface area contributed by atoms with Crippen molar-refractivity contribution >= 4 is 45.7 Å². The predicted molar refractivity (Wildman–Crippen MR) is 104 cm³/mol. The molecule has 3 N–H and O–H groups in total. The highest BCUT2D eigenvalue weighted by Crippen LogP contribution is 2.11. The van der Waals surface area contributed by atoms with Crippen LogP contribution in [0.25, 0.3) is 0 Å². The van der Waals surface area contributed by atoms with Crippen molar-refractivity contribution in [2.45, 2.75) is 39.7 Å². The lowest BCUT2D eigenvalue weighted by molar-refractivity contribution is -0.121. The maximum absolute atomic E-state index is 11.8. The quantitative estimate of drug-likeness (QED) is 0.292. The molecule has 0 aromatic heterocycles. The number of rotatable bonds is 7. The van der Waals surface area contributed by atoms with Gasteiger partial charge < -0.3 is 16.0 Å². The van der Waals surface area contributed by atoms with E-state index in [1.165, 1.54) is 0 Å². The molecule has 0 bridgehead atoms. The topological polar surface area (TPSA) is 99.7 Å². The van der Waals surface area contributed by atoms with Crippen molar-refractivity contribution in [1.29, 1.82) is 0 Å². The fraction of sp³-hybridized carbons (Fsp3) is 0.857. The van der Waals surface area contributed by atoms with Crippen molar-refractivity contribution in [3.63, 3.8) is 0 Å². The minimum absolute atomic E-state index is 0. The number of amides is 1. The van der Waals surface area contributed by atoms with E-state index in [1.807, 2.05) is 6.92 Å². The van der Waals surface area contributed by atoms with Gasteiger partial charge in [0.25, 0.3) is 0 Å². The summed E-state index contributed by atoms with van der Waals surface area (Å²) in [5.74, 6) is 1.28. The summed E-state index contributed by atoms with van der Waals surface area (Å²) in [5.41, 5.74) is 0. The van der Waals surface area contributed by atoms with Crippen LogP contribution >= 0.6 is 24.0 Å². The van der Waals surface area contributed by atoms with Crippen molar-refractivity contribution in [1.82, 2.24) is 16.0 Å². The minimum atomic E-state index is -2.96. The molecule has 1 saturated heterocycles. The Balaban J connectivity index is 0.00000484. The lowest BCUT2D eigenvalue weighted by Crippen LogP contribution is -2.41. The zero-order valence-corrected chi connectivity index (χ0v) is 17.2. The highest BCUT2D eigenvalue weighted by atomic mass is 127. The van der Waals surface area contributed by atoms with Crippen LogP contribution in [0.2, 0.25) is 0 Å². The van der Waals surface area contributed by atoms with Crippen LogP contribution in [-0.4, -0.2) is 57.5 Å². The third-order valence-electron chi connectivity index (χ3n) is 3.20. The Morgan fingerprint density at radius 2 is 2.00 bits per heavy atom. The van der Waals surface area contributed by atoms with E-state index in [0.29, 0.717) is 31.3 Å². The summed E-state index contributed by atoms with van der Waals surface area (Å²) in [4.78, 5) is 16.2. The molecule has 0 saturated carbocycles. The van der Waals surface area contributed by atoms with Crippen LogP contribution in [0.1, 0.15) is 33.6 Å². The highest BCUT2D eigenvalue weighted by molar-refractivity contribution is 14.0. The van der Waals surface area contributed by atoms with Crippen molar-refractivity contribution in [2.75, 3.05) is 31.1 Å². The fourth-order valence-corrected chi connectivity index (χ4v) is 3.79. The summed E-state index contributed by atoms with van der Waals surface area (Å²) >= 11 is 0. The number of hydrogen-bond donors (Lipinski definition) is 3. The lowest BCUT2D eigenvalue weighted by atomic mass is 10.2. The Hall–Kier alpha value is -0.580. The van der Waals surface area contributed by atoms with Gasteiger partial charge in [0, 0.05) is 32.1 Å². The molecule has 1 atom stereocenters. The summed E-state index contributed by atoms with van der Waals surface area (Å²) < 4.78 is 22.7. The Kier molecular flexibility index (Phi) is 10.8. The zero-order valence-electron chi connectivity index (χ0n) is 14.1. The second-order valence-corrected chi connectivity index (χ2v) is 8.19. The van der Waals surface area contributed by atoms with Gasteiger partial charge in [-0.3, -0.25) is 9.79 Å². The number of nitrogens with one attached hydrogen (secondary N) is 3. The molecule has 23 heavy (non-hydrogen) atoms. The van der Waals surface area contributed by atoms with E-state index in [2.05, 4.69) is 34.8 Å². The van der Waals surface area contributed by atoms with Crippen LogP contribution < -0.4 is 16.0 Å². The molecule has 0 spiro atoms. The summed E-state index contributed by atoms with van der Waals surface area (Å²) in [6, 6.07) is -0.236. The van der Waals surface area contributed by atoms with Crippen molar-refractivity contribution in [2.24, 2.45) is 10.9 Å². The average molecular weight is 460 g/mol. The monoisotopic (exact) mass is 460 g/mol. The summed E-state index contributed by atoms with van der Waals surface area (Å²) in [5, 5.41) is 9.00. The Labute approximate surface area is 156 Å². The van der Waals surface area contributed by atoms with E-state index in [-0.39, 0.29) is 47.4 Å². The number of carbonyl (C=O) groups excluding carboxylic acids is 1. The van der Waals surface area contributed by atoms with Crippen LogP contribution in [-0.2, 0) is 14.6 Å². The first-order chi connectivity index (χ1) is 10.3. The van der Waals surface area contributed by atoms with Gasteiger partial charge in [-0.1, -0.05) is 13.8 Å². The Bertz CT molecular complexity index is 494. The van der Waals surface area contributed by atoms with Crippen LogP contribution in [0, 0.1) is 5.92 Å². The first-order valence-electron chi connectivity index (χ1n) is 7.84. The second-order valence-electron chi connectivity index (χ2n) is 5.96. The predicted octanol–water partition coefficient (Wildman–Crippen LogP) is 0.509. The van der Waals surface area contributed by atoms with Gasteiger partial charge in [-0.05, 0) is 19.3 Å². The largest absolute Gasteiger partial charge is 0.357 e. The molecule has 0 radical (unpaired) electrons. The molecule has 1 amide bonds. The van der Waals surface area contributed by atoms with Gasteiger partial charge >= 0.3 is 0 Å². The third-order valence-corrected chi connectivity index (χ3v) is 4.97. The van der Waals surface area contributed by atoms with E-state index in [0.717, 1.165) is 13.1 Å². The number of hydrogen-bond acceptors (Lipinski definition) is 4. The molecule has 0 aliphatic carbocycles. The van der Waals surface area contributed by atoms with Gasteiger partial charge in [0.2, 0.25) is 5.91 Å². The maximum Gasteiger partial charge on any atom is 0.222 e. The number of halogens is 1. The van der Waals surface area contributed by atoms with E-state index >= 15 is 0 Å². The molecular weight excluding hydrogens is 431 g/mol. The number of sulfone groups is 1. The molecule has 1 heterocycles. The Morgan fingerprint density at radius 3 is 2.52 bits per heavy atom. The van der Waals surface area contributed by atoms with Crippen molar-refractivity contribution in [3.05, 3.63) is 0 Å². The van der Waals surface area contributed by atoms with Gasteiger partial charge in [0.05, 0.1) is 11.5 Å². The van der Waals surface area contributed by atoms with Gasteiger partial charge in [-0.2, -0.15) is 0 Å². The Morgan fingerprint density at radius 1 is 1.30 bits per heavy atom. The van der Waals surface area contributed by atoms with Gasteiger partial charge in [0.15, 0.2) is 15.8 Å². The molecule has 9 heteroatoms. The molecule has 0 aromatic carbocycles. The fourth-order valence-electron chi connectivity index (χ4n) is 2.12. The molecule has 1 unspecified atom stereocenters. The van der Waals surface area contributed by atoms with E-state index in [1.54, 1.807) is 0 Å². The molecule has 1 aliphatic rings. The van der Waals surface area contributed by atoms with Gasteiger partial charge in [-0.15, -0.1) is 24.0 Å². The molecule has 1 rings (SSSR count). The standard InChI is InChI=1S/C14H28N4O3S.HI/c1-4-15-14(17-9-11(2)3)16-7-5-13(19)18-12-6-8-22(20,21)10-12;/h11-12H,4-10H2,1-3H3,(H,18,19)(H2,15,16,17);1H. The van der Waals surface area contributed by atoms with Crippen molar-refractivity contribution < 1.29 is 13.2 Å². The molecule has 7 nitrogen and oxygen atoms in total. The average Bonchev–Trinajstić information content (AvgIpc) is 2.75. The van der Waals surface area contributed by atoms with E-state index in [9.17, 15) is 13.2 Å². The first-order valence-corrected chi connectivity index (χ1v) is 9.66. The SMILES string of the molecule is CCNC(=NCC(C)C)NCCC(=O)NC1CCS(=O)(=O)C1.I.